The lowest BCUT2D eigenvalue weighted by Crippen LogP contribution is -2.27. The zero-order valence-electron chi connectivity index (χ0n) is 17.8. The van der Waals surface area contributed by atoms with Crippen LogP contribution in [0.15, 0.2) is 58.2 Å². The molecule has 3 aromatic rings. The van der Waals surface area contributed by atoms with E-state index in [0.717, 1.165) is 22.6 Å². The number of thioether (sulfide) groups is 1. The standard InChI is InChI=1S/C23H27N3O4S/c1-3-28-19-11-10-18(14-20(19)29-4-2)12-13-24-21(27)16-31-23-26-25-22(30-23)15-17-8-6-5-7-9-17/h5-11,14H,3-4,12-13,15-16H2,1-2H3,(H,24,27). The number of hydrogen-bond donors (Lipinski definition) is 1. The zero-order valence-corrected chi connectivity index (χ0v) is 18.6. The van der Waals surface area contributed by atoms with Crippen LogP contribution in [0.5, 0.6) is 11.5 Å². The Morgan fingerprint density at radius 1 is 1.00 bits per heavy atom. The molecule has 1 aromatic heterocycles. The summed E-state index contributed by atoms with van der Waals surface area (Å²) in [7, 11) is 0. The molecule has 0 atom stereocenters. The van der Waals surface area contributed by atoms with Gasteiger partial charge >= 0.3 is 0 Å². The van der Waals surface area contributed by atoms with Crippen molar-refractivity contribution >= 4 is 17.7 Å². The second kappa shape index (κ2) is 12.0. The number of nitrogens with one attached hydrogen (secondary N) is 1. The highest BCUT2D eigenvalue weighted by Gasteiger charge is 2.11. The summed E-state index contributed by atoms with van der Waals surface area (Å²) in [5.41, 5.74) is 2.17. The summed E-state index contributed by atoms with van der Waals surface area (Å²) in [6.45, 7) is 5.56. The van der Waals surface area contributed by atoms with Crippen LogP contribution in [0.1, 0.15) is 30.9 Å². The number of ether oxygens (including phenoxy) is 2. The van der Waals surface area contributed by atoms with Gasteiger partial charge in [0, 0.05) is 6.54 Å². The molecule has 0 spiro atoms. The maximum atomic E-state index is 12.1. The smallest absolute Gasteiger partial charge is 0.277 e. The first kappa shape index (κ1) is 22.7. The van der Waals surface area contributed by atoms with Gasteiger partial charge in [0.05, 0.1) is 25.4 Å². The fourth-order valence-corrected chi connectivity index (χ4v) is 3.52. The van der Waals surface area contributed by atoms with E-state index in [1.807, 2.05) is 62.4 Å². The van der Waals surface area contributed by atoms with Crippen LogP contribution in [-0.2, 0) is 17.6 Å². The van der Waals surface area contributed by atoms with E-state index in [4.69, 9.17) is 13.9 Å². The van der Waals surface area contributed by atoms with Gasteiger partial charge in [-0.3, -0.25) is 4.79 Å². The van der Waals surface area contributed by atoms with E-state index >= 15 is 0 Å². The van der Waals surface area contributed by atoms with E-state index in [1.54, 1.807) is 0 Å². The highest BCUT2D eigenvalue weighted by atomic mass is 32.2. The van der Waals surface area contributed by atoms with E-state index in [9.17, 15) is 4.79 Å². The highest BCUT2D eigenvalue weighted by molar-refractivity contribution is 7.99. The number of carbonyl (C=O) groups is 1. The van der Waals surface area contributed by atoms with Crippen LogP contribution in [0.3, 0.4) is 0 Å². The van der Waals surface area contributed by atoms with Crippen LogP contribution in [0.25, 0.3) is 0 Å². The van der Waals surface area contributed by atoms with Gasteiger partial charge in [-0.2, -0.15) is 0 Å². The van der Waals surface area contributed by atoms with E-state index in [2.05, 4.69) is 15.5 Å². The molecule has 1 N–H and O–H groups in total. The average Bonchev–Trinajstić information content (AvgIpc) is 3.22. The minimum absolute atomic E-state index is 0.0798. The molecule has 0 unspecified atom stereocenters. The Kier molecular flexibility index (Phi) is 8.78. The van der Waals surface area contributed by atoms with Crippen molar-refractivity contribution in [3.63, 3.8) is 0 Å². The van der Waals surface area contributed by atoms with Crippen LogP contribution >= 0.6 is 11.8 Å². The summed E-state index contributed by atoms with van der Waals surface area (Å²) in [5, 5.41) is 11.4. The molecule has 0 saturated heterocycles. The summed E-state index contributed by atoms with van der Waals surface area (Å²) in [6.07, 6.45) is 1.27. The van der Waals surface area contributed by atoms with Crippen LogP contribution < -0.4 is 14.8 Å². The molecule has 0 bridgehead atoms. The topological polar surface area (TPSA) is 86.5 Å². The quantitative estimate of drug-likeness (QED) is 0.427. The Hall–Kier alpha value is -3.00. The Morgan fingerprint density at radius 2 is 1.77 bits per heavy atom. The van der Waals surface area contributed by atoms with Gasteiger partial charge in [-0.05, 0) is 43.5 Å². The highest BCUT2D eigenvalue weighted by Crippen LogP contribution is 2.28. The minimum Gasteiger partial charge on any atom is -0.490 e. The molecular weight excluding hydrogens is 414 g/mol. The van der Waals surface area contributed by atoms with Gasteiger partial charge in [-0.1, -0.05) is 48.2 Å². The van der Waals surface area contributed by atoms with E-state index in [0.29, 0.717) is 43.7 Å². The minimum atomic E-state index is -0.0798. The summed E-state index contributed by atoms with van der Waals surface area (Å²) in [4.78, 5) is 12.1. The molecule has 0 fully saturated rings. The third-order valence-electron chi connectivity index (χ3n) is 4.32. The largest absolute Gasteiger partial charge is 0.490 e. The Labute approximate surface area is 186 Å². The lowest BCUT2D eigenvalue weighted by Gasteiger charge is -2.12. The molecule has 0 radical (unpaired) electrons. The number of amides is 1. The SMILES string of the molecule is CCOc1ccc(CCNC(=O)CSc2nnc(Cc3ccccc3)o2)cc1OCC. The monoisotopic (exact) mass is 441 g/mol. The van der Waals surface area contributed by atoms with E-state index < -0.39 is 0 Å². The summed E-state index contributed by atoms with van der Waals surface area (Å²) in [5.74, 6) is 2.14. The molecule has 8 heteroatoms. The van der Waals surface area contributed by atoms with Gasteiger partial charge in [0.25, 0.3) is 5.22 Å². The number of hydrogen-bond acceptors (Lipinski definition) is 7. The van der Waals surface area contributed by atoms with Crippen molar-refractivity contribution in [3.8, 4) is 11.5 Å². The maximum absolute atomic E-state index is 12.1. The van der Waals surface area contributed by atoms with Crippen molar-refractivity contribution in [2.75, 3.05) is 25.5 Å². The first-order valence-corrected chi connectivity index (χ1v) is 11.3. The van der Waals surface area contributed by atoms with E-state index in [1.165, 1.54) is 11.8 Å². The maximum Gasteiger partial charge on any atom is 0.277 e. The van der Waals surface area contributed by atoms with Crippen molar-refractivity contribution in [1.29, 1.82) is 0 Å². The predicted molar refractivity (Wildman–Crippen MR) is 120 cm³/mol. The second-order valence-corrected chi connectivity index (χ2v) is 7.59. The zero-order chi connectivity index (χ0) is 21.9. The first-order chi connectivity index (χ1) is 15.2. The summed E-state index contributed by atoms with van der Waals surface area (Å²) >= 11 is 1.23. The van der Waals surface area contributed by atoms with Crippen molar-refractivity contribution in [2.45, 2.75) is 31.9 Å². The van der Waals surface area contributed by atoms with Gasteiger partial charge < -0.3 is 19.2 Å². The molecule has 164 valence electrons. The molecule has 2 aromatic carbocycles. The van der Waals surface area contributed by atoms with Crippen LogP contribution in [0.4, 0.5) is 0 Å². The third-order valence-corrected chi connectivity index (χ3v) is 5.14. The van der Waals surface area contributed by atoms with Gasteiger partial charge in [0.2, 0.25) is 11.8 Å². The molecule has 1 heterocycles. The number of nitrogens with zero attached hydrogens (tertiary/aromatic N) is 2. The van der Waals surface area contributed by atoms with Crippen molar-refractivity contribution in [1.82, 2.24) is 15.5 Å². The third kappa shape index (κ3) is 7.32. The fourth-order valence-electron chi connectivity index (χ4n) is 2.91. The van der Waals surface area contributed by atoms with Crippen molar-refractivity contribution in [2.24, 2.45) is 0 Å². The molecule has 3 rings (SSSR count). The average molecular weight is 442 g/mol. The van der Waals surface area contributed by atoms with Crippen LogP contribution in [-0.4, -0.2) is 41.6 Å². The number of aromatic nitrogens is 2. The van der Waals surface area contributed by atoms with Gasteiger partial charge in [0.15, 0.2) is 11.5 Å². The fraction of sp³-hybridized carbons (Fsp3) is 0.348. The normalized spacial score (nSPS) is 10.6. The lowest BCUT2D eigenvalue weighted by molar-refractivity contribution is -0.118. The Bertz CT molecular complexity index is 962. The first-order valence-electron chi connectivity index (χ1n) is 10.3. The molecule has 31 heavy (non-hydrogen) atoms. The molecular formula is C23H27N3O4S. The molecule has 0 aliphatic heterocycles. The molecule has 0 saturated carbocycles. The van der Waals surface area contributed by atoms with Gasteiger partial charge in [-0.25, -0.2) is 0 Å². The second-order valence-electron chi connectivity index (χ2n) is 6.66. The van der Waals surface area contributed by atoms with Crippen LogP contribution in [0, 0.1) is 0 Å². The number of benzene rings is 2. The molecule has 1 amide bonds. The van der Waals surface area contributed by atoms with E-state index in [-0.39, 0.29) is 11.7 Å². The predicted octanol–water partition coefficient (Wildman–Crippen LogP) is 3.91. The summed E-state index contributed by atoms with van der Waals surface area (Å²) in [6, 6.07) is 15.8. The van der Waals surface area contributed by atoms with Crippen molar-refractivity contribution < 1.29 is 18.7 Å². The number of carbonyl (C=O) groups excluding carboxylic acids is 1. The number of rotatable bonds is 12. The van der Waals surface area contributed by atoms with Gasteiger partial charge in [-0.15, -0.1) is 10.2 Å². The van der Waals surface area contributed by atoms with Crippen LogP contribution in [0.2, 0.25) is 0 Å². The Balaban J connectivity index is 1.41. The molecule has 0 aliphatic carbocycles. The lowest BCUT2D eigenvalue weighted by atomic mass is 10.1. The molecule has 7 nitrogen and oxygen atoms in total. The van der Waals surface area contributed by atoms with Gasteiger partial charge in [0.1, 0.15) is 0 Å². The Morgan fingerprint density at radius 3 is 2.55 bits per heavy atom. The van der Waals surface area contributed by atoms with Crippen molar-refractivity contribution in [3.05, 3.63) is 65.5 Å². The summed E-state index contributed by atoms with van der Waals surface area (Å²) < 4.78 is 16.8. The molecule has 0 aliphatic rings.